The van der Waals surface area contributed by atoms with E-state index in [2.05, 4.69) is 21.2 Å². The van der Waals surface area contributed by atoms with Crippen LogP contribution in [0.25, 0.3) is 0 Å². The smallest absolute Gasteiger partial charge is 0.307 e. The van der Waals surface area contributed by atoms with Crippen molar-refractivity contribution in [2.75, 3.05) is 12.4 Å². The van der Waals surface area contributed by atoms with Crippen LogP contribution in [0.3, 0.4) is 0 Å². The Morgan fingerprint density at radius 3 is 2.62 bits per heavy atom. The van der Waals surface area contributed by atoms with Gasteiger partial charge in [-0.05, 0) is 39.2 Å². The molecular formula is C16H16BrNO3. The Bertz CT molecular complexity index is 643. The Labute approximate surface area is 131 Å². The zero-order chi connectivity index (χ0) is 15.2. The molecule has 0 aromatic heterocycles. The van der Waals surface area contributed by atoms with Gasteiger partial charge in [0, 0.05) is 17.1 Å². The van der Waals surface area contributed by atoms with Gasteiger partial charge in [0.25, 0.3) is 0 Å². The van der Waals surface area contributed by atoms with E-state index < -0.39 is 5.97 Å². The van der Waals surface area contributed by atoms with Gasteiger partial charge < -0.3 is 15.2 Å². The Morgan fingerprint density at radius 1 is 1.24 bits per heavy atom. The van der Waals surface area contributed by atoms with Gasteiger partial charge in [0.1, 0.15) is 5.75 Å². The lowest BCUT2D eigenvalue weighted by atomic mass is 10.0. The van der Waals surface area contributed by atoms with Crippen LogP contribution in [0, 0.1) is 0 Å². The molecule has 5 heteroatoms. The average molecular weight is 350 g/mol. The molecule has 0 amide bonds. The number of hydrogen-bond acceptors (Lipinski definition) is 3. The summed E-state index contributed by atoms with van der Waals surface area (Å²) in [6.07, 6.45) is 0.0249. The SMILES string of the molecule is COc1ccc(Br)c(NCc2ccccc2CC(=O)O)c1. The summed E-state index contributed by atoms with van der Waals surface area (Å²) >= 11 is 3.48. The minimum Gasteiger partial charge on any atom is -0.497 e. The van der Waals surface area contributed by atoms with Gasteiger partial charge in [-0.3, -0.25) is 4.79 Å². The summed E-state index contributed by atoms with van der Waals surface area (Å²) in [5, 5.41) is 12.2. The monoisotopic (exact) mass is 349 g/mol. The number of carbonyl (C=O) groups is 1. The first kappa shape index (κ1) is 15.4. The van der Waals surface area contributed by atoms with Crippen molar-refractivity contribution >= 4 is 27.6 Å². The molecule has 0 fully saturated rings. The van der Waals surface area contributed by atoms with E-state index in [1.165, 1.54) is 0 Å². The van der Waals surface area contributed by atoms with E-state index in [-0.39, 0.29) is 6.42 Å². The number of ether oxygens (including phenoxy) is 1. The number of anilines is 1. The predicted octanol–water partition coefficient (Wildman–Crippen LogP) is 3.70. The maximum absolute atomic E-state index is 10.9. The molecule has 2 N–H and O–H groups in total. The molecule has 0 spiro atoms. The number of carboxylic acid groups (broad SMARTS) is 1. The maximum Gasteiger partial charge on any atom is 0.307 e. The molecule has 0 aliphatic heterocycles. The summed E-state index contributed by atoms with van der Waals surface area (Å²) in [4.78, 5) is 10.9. The highest BCUT2D eigenvalue weighted by Gasteiger charge is 2.07. The lowest BCUT2D eigenvalue weighted by Gasteiger charge is -2.12. The Morgan fingerprint density at radius 2 is 1.95 bits per heavy atom. The molecule has 2 rings (SSSR count). The van der Waals surface area contributed by atoms with E-state index in [0.717, 1.165) is 27.0 Å². The highest BCUT2D eigenvalue weighted by molar-refractivity contribution is 9.10. The molecule has 4 nitrogen and oxygen atoms in total. The van der Waals surface area contributed by atoms with Crippen LogP contribution < -0.4 is 10.1 Å². The van der Waals surface area contributed by atoms with Gasteiger partial charge in [0.2, 0.25) is 0 Å². The Hall–Kier alpha value is -2.01. The number of rotatable bonds is 6. The number of aliphatic carboxylic acids is 1. The third-order valence-electron chi connectivity index (χ3n) is 3.10. The van der Waals surface area contributed by atoms with Crippen LogP contribution in [0.4, 0.5) is 5.69 Å². The lowest BCUT2D eigenvalue weighted by molar-refractivity contribution is -0.136. The van der Waals surface area contributed by atoms with E-state index >= 15 is 0 Å². The fraction of sp³-hybridized carbons (Fsp3) is 0.188. The van der Waals surface area contributed by atoms with Crippen molar-refractivity contribution in [2.45, 2.75) is 13.0 Å². The van der Waals surface area contributed by atoms with Crippen molar-refractivity contribution < 1.29 is 14.6 Å². The molecule has 0 atom stereocenters. The average Bonchev–Trinajstić information content (AvgIpc) is 2.47. The summed E-state index contributed by atoms with van der Waals surface area (Å²) in [7, 11) is 1.62. The molecule has 0 aliphatic carbocycles. The second-order valence-electron chi connectivity index (χ2n) is 4.54. The molecule has 0 bridgehead atoms. The van der Waals surface area contributed by atoms with Crippen molar-refractivity contribution in [2.24, 2.45) is 0 Å². The van der Waals surface area contributed by atoms with Crippen LogP contribution >= 0.6 is 15.9 Å². The summed E-state index contributed by atoms with van der Waals surface area (Å²) in [5.74, 6) is -0.0652. The molecule has 2 aromatic rings. The number of carboxylic acids is 1. The molecule has 0 unspecified atom stereocenters. The van der Waals surface area contributed by atoms with Crippen LogP contribution in [0.15, 0.2) is 46.9 Å². The van der Waals surface area contributed by atoms with Crippen molar-refractivity contribution in [3.63, 3.8) is 0 Å². The van der Waals surface area contributed by atoms with Gasteiger partial charge in [-0.25, -0.2) is 0 Å². The maximum atomic E-state index is 10.9. The summed E-state index contributed by atoms with van der Waals surface area (Å²) < 4.78 is 6.13. The van der Waals surface area contributed by atoms with Crippen LogP contribution in [-0.4, -0.2) is 18.2 Å². The zero-order valence-corrected chi connectivity index (χ0v) is 13.2. The summed E-state index contributed by atoms with van der Waals surface area (Å²) in [5.41, 5.74) is 2.69. The van der Waals surface area contributed by atoms with E-state index in [1.54, 1.807) is 7.11 Å². The molecule has 0 aliphatic rings. The lowest BCUT2D eigenvalue weighted by Crippen LogP contribution is -2.07. The van der Waals surface area contributed by atoms with Crippen molar-refractivity contribution in [3.05, 3.63) is 58.1 Å². The molecule has 0 heterocycles. The zero-order valence-electron chi connectivity index (χ0n) is 11.6. The molecule has 0 saturated carbocycles. The number of hydrogen-bond donors (Lipinski definition) is 2. The van der Waals surface area contributed by atoms with E-state index in [1.807, 2.05) is 42.5 Å². The minimum absolute atomic E-state index is 0.0249. The first-order valence-corrected chi connectivity index (χ1v) is 7.25. The predicted molar refractivity (Wildman–Crippen MR) is 85.8 cm³/mol. The largest absolute Gasteiger partial charge is 0.497 e. The summed E-state index contributed by atoms with van der Waals surface area (Å²) in [6.45, 7) is 0.551. The first-order valence-electron chi connectivity index (χ1n) is 6.46. The highest BCUT2D eigenvalue weighted by Crippen LogP contribution is 2.27. The van der Waals surface area contributed by atoms with Crippen LogP contribution in [0.2, 0.25) is 0 Å². The molecule has 0 saturated heterocycles. The third-order valence-corrected chi connectivity index (χ3v) is 3.79. The van der Waals surface area contributed by atoms with Gasteiger partial charge in [-0.2, -0.15) is 0 Å². The number of halogens is 1. The Kier molecular flexibility index (Phi) is 5.22. The second kappa shape index (κ2) is 7.13. The normalized spacial score (nSPS) is 10.2. The van der Waals surface area contributed by atoms with Gasteiger partial charge >= 0.3 is 5.97 Å². The standard InChI is InChI=1S/C16H16BrNO3/c1-21-13-6-7-14(17)15(9-13)18-10-12-5-3-2-4-11(12)8-16(19)20/h2-7,9,18H,8,10H2,1H3,(H,19,20). The fourth-order valence-electron chi connectivity index (χ4n) is 2.02. The third kappa shape index (κ3) is 4.23. The molecular weight excluding hydrogens is 334 g/mol. The molecule has 2 aromatic carbocycles. The van der Waals surface area contributed by atoms with Gasteiger partial charge in [-0.15, -0.1) is 0 Å². The number of nitrogens with one attached hydrogen (secondary N) is 1. The first-order chi connectivity index (χ1) is 10.1. The second-order valence-corrected chi connectivity index (χ2v) is 5.39. The summed E-state index contributed by atoms with van der Waals surface area (Å²) in [6, 6.07) is 13.2. The fourth-order valence-corrected chi connectivity index (χ4v) is 2.41. The topological polar surface area (TPSA) is 58.6 Å². The molecule has 0 radical (unpaired) electrons. The van der Waals surface area contributed by atoms with Crippen LogP contribution in [-0.2, 0) is 17.8 Å². The van der Waals surface area contributed by atoms with E-state index in [0.29, 0.717) is 6.54 Å². The Balaban J connectivity index is 2.15. The van der Waals surface area contributed by atoms with Gasteiger partial charge in [0.05, 0.1) is 19.2 Å². The van der Waals surface area contributed by atoms with Gasteiger partial charge in [0.15, 0.2) is 0 Å². The van der Waals surface area contributed by atoms with Crippen molar-refractivity contribution in [1.82, 2.24) is 0 Å². The van der Waals surface area contributed by atoms with Crippen molar-refractivity contribution in [3.8, 4) is 5.75 Å². The number of benzene rings is 2. The molecule has 21 heavy (non-hydrogen) atoms. The highest BCUT2D eigenvalue weighted by atomic mass is 79.9. The van der Waals surface area contributed by atoms with E-state index in [4.69, 9.17) is 9.84 Å². The number of methoxy groups -OCH3 is 1. The van der Waals surface area contributed by atoms with Crippen LogP contribution in [0.5, 0.6) is 5.75 Å². The minimum atomic E-state index is -0.829. The quantitative estimate of drug-likeness (QED) is 0.834. The van der Waals surface area contributed by atoms with Gasteiger partial charge in [-0.1, -0.05) is 24.3 Å². The van der Waals surface area contributed by atoms with Crippen LogP contribution in [0.1, 0.15) is 11.1 Å². The molecule has 110 valence electrons. The van der Waals surface area contributed by atoms with Crippen molar-refractivity contribution in [1.29, 1.82) is 0 Å². The van der Waals surface area contributed by atoms with E-state index in [9.17, 15) is 4.79 Å².